The Labute approximate surface area is 187 Å². The molecule has 0 saturated carbocycles. The van der Waals surface area contributed by atoms with Crippen molar-refractivity contribution in [3.8, 4) is 11.5 Å². The van der Waals surface area contributed by atoms with E-state index in [2.05, 4.69) is 5.32 Å². The molecule has 32 heavy (non-hydrogen) atoms. The highest BCUT2D eigenvalue weighted by molar-refractivity contribution is 6.14. The molecule has 2 amide bonds. The highest BCUT2D eigenvalue weighted by Crippen LogP contribution is 2.36. The smallest absolute Gasteiger partial charge is 0.259 e. The fourth-order valence-electron chi connectivity index (χ4n) is 4.11. The molecule has 0 saturated heterocycles. The van der Waals surface area contributed by atoms with E-state index >= 15 is 0 Å². The van der Waals surface area contributed by atoms with E-state index in [0.717, 1.165) is 16.9 Å². The third-order valence-corrected chi connectivity index (χ3v) is 5.91. The zero-order valence-corrected chi connectivity index (χ0v) is 18.4. The predicted octanol–water partition coefficient (Wildman–Crippen LogP) is 3.98. The highest BCUT2D eigenvalue weighted by Gasteiger charge is 2.47. The Morgan fingerprint density at radius 1 is 0.938 bits per heavy atom. The van der Waals surface area contributed by atoms with Crippen LogP contribution in [0.1, 0.15) is 28.4 Å². The monoisotopic (exact) mass is 430 g/mol. The van der Waals surface area contributed by atoms with E-state index in [0.29, 0.717) is 30.0 Å². The van der Waals surface area contributed by atoms with E-state index in [1.54, 1.807) is 43.4 Å². The van der Waals surface area contributed by atoms with Crippen LogP contribution in [0.3, 0.4) is 0 Å². The summed E-state index contributed by atoms with van der Waals surface area (Å²) < 4.78 is 10.4. The molecule has 0 bridgehead atoms. The van der Waals surface area contributed by atoms with E-state index in [1.165, 1.54) is 0 Å². The van der Waals surface area contributed by atoms with Crippen molar-refractivity contribution >= 4 is 17.5 Å². The molecular formula is C26H26N2O4. The van der Waals surface area contributed by atoms with Crippen LogP contribution >= 0.6 is 0 Å². The Balaban J connectivity index is 1.66. The normalized spacial score (nSPS) is 17.5. The molecule has 4 rings (SSSR count). The maximum absolute atomic E-state index is 13.5. The predicted molar refractivity (Wildman–Crippen MR) is 123 cm³/mol. The first-order chi connectivity index (χ1) is 15.5. The fraction of sp³-hybridized carbons (Fsp3) is 0.231. The van der Waals surface area contributed by atoms with Crippen LogP contribution in [-0.2, 0) is 17.8 Å². The van der Waals surface area contributed by atoms with Gasteiger partial charge in [-0.05, 0) is 60.5 Å². The summed E-state index contributed by atoms with van der Waals surface area (Å²) in [5, 5.41) is 3.02. The summed E-state index contributed by atoms with van der Waals surface area (Å²) in [7, 11) is 3.21. The molecule has 1 atom stereocenters. The summed E-state index contributed by atoms with van der Waals surface area (Å²) in [6, 6.07) is 22.2. The molecule has 3 aromatic rings. The number of methoxy groups -OCH3 is 2. The summed E-state index contributed by atoms with van der Waals surface area (Å²) in [6.07, 6.45) is 0.412. The first kappa shape index (κ1) is 21.4. The number of hydrogen-bond acceptors (Lipinski definition) is 4. The third kappa shape index (κ3) is 3.91. The second-order valence-electron chi connectivity index (χ2n) is 7.98. The molecule has 164 valence electrons. The minimum absolute atomic E-state index is 0.195. The average Bonchev–Trinajstić information content (AvgIpc) is 2.83. The van der Waals surface area contributed by atoms with Gasteiger partial charge in [0.05, 0.1) is 14.2 Å². The van der Waals surface area contributed by atoms with E-state index in [1.807, 2.05) is 55.5 Å². The van der Waals surface area contributed by atoms with Gasteiger partial charge in [-0.2, -0.15) is 0 Å². The summed E-state index contributed by atoms with van der Waals surface area (Å²) in [4.78, 5) is 28.7. The van der Waals surface area contributed by atoms with Crippen LogP contribution in [0.25, 0.3) is 0 Å². The van der Waals surface area contributed by atoms with Crippen molar-refractivity contribution in [2.45, 2.75) is 25.4 Å². The molecular weight excluding hydrogens is 404 g/mol. The third-order valence-electron chi connectivity index (χ3n) is 5.91. The van der Waals surface area contributed by atoms with Gasteiger partial charge in [0.1, 0.15) is 17.0 Å². The van der Waals surface area contributed by atoms with Crippen molar-refractivity contribution in [2.75, 3.05) is 19.1 Å². The van der Waals surface area contributed by atoms with Crippen LogP contribution in [-0.4, -0.2) is 31.6 Å². The zero-order valence-electron chi connectivity index (χ0n) is 18.4. The summed E-state index contributed by atoms with van der Waals surface area (Å²) in [5.74, 6) is 1.03. The second kappa shape index (κ2) is 8.75. The van der Waals surface area contributed by atoms with Crippen LogP contribution in [0.15, 0.2) is 72.8 Å². The second-order valence-corrected chi connectivity index (χ2v) is 7.98. The van der Waals surface area contributed by atoms with E-state index < -0.39 is 5.54 Å². The van der Waals surface area contributed by atoms with Crippen molar-refractivity contribution in [1.29, 1.82) is 0 Å². The highest BCUT2D eigenvalue weighted by atomic mass is 16.5. The number of nitrogens with zero attached hydrogens (tertiary/aromatic N) is 1. The van der Waals surface area contributed by atoms with Crippen molar-refractivity contribution < 1.29 is 19.1 Å². The molecule has 1 heterocycles. The van der Waals surface area contributed by atoms with Crippen molar-refractivity contribution in [1.82, 2.24) is 5.32 Å². The van der Waals surface area contributed by atoms with Gasteiger partial charge in [-0.3, -0.25) is 14.5 Å². The lowest BCUT2D eigenvalue weighted by Crippen LogP contribution is -2.63. The quantitative estimate of drug-likeness (QED) is 0.642. The van der Waals surface area contributed by atoms with Gasteiger partial charge in [-0.15, -0.1) is 0 Å². The molecule has 1 aliphatic heterocycles. The molecule has 1 unspecified atom stereocenters. The first-order valence-electron chi connectivity index (χ1n) is 10.4. The number of nitrogens with one attached hydrogen (secondary N) is 1. The summed E-state index contributed by atoms with van der Waals surface area (Å²) in [6.45, 7) is 2.17. The standard InChI is InChI=1S/C26H26N2O4/c1-26(25(30)27-17-18-8-12-21(31-2)13-9-18)16-19-6-4-5-7-23(19)24(29)28(26)20-10-14-22(32-3)15-11-20/h4-15H,16-17H2,1-3H3,(H,27,30). The van der Waals surface area contributed by atoms with Gasteiger partial charge in [0.15, 0.2) is 0 Å². The Morgan fingerprint density at radius 2 is 1.53 bits per heavy atom. The molecule has 0 radical (unpaired) electrons. The van der Waals surface area contributed by atoms with Crippen LogP contribution < -0.4 is 19.7 Å². The minimum atomic E-state index is -1.09. The molecule has 6 heteroatoms. The van der Waals surface area contributed by atoms with E-state index in [4.69, 9.17) is 9.47 Å². The number of hydrogen-bond donors (Lipinski definition) is 1. The Hall–Kier alpha value is -3.80. The number of rotatable bonds is 6. The lowest BCUT2D eigenvalue weighted by atomic mass is 9.82. The Bertz CT molecular complexity index is 1130. The fourth-order valence-corrected chi connectivity index (χ4v) is 4.11. The van der Waals surface area contributed by atoms with Crippen LogP contribution in [0, 0.1) is 0 Å². The number of carbonyl (C=O) groups excluding carboxylic acids is 2. The first-order valence-corrected chi connectivity index (χ1v) is 10.4. The zero-order chi connectivity index (χ0) is 22.7. The van der Waals surface area contributed by atoms with Crippen LogP contribution in [0.2, 0.25) is 0 Å². The molecule has 1 N–H and O–H groups in total. The van der Waals surface area contributed by atoms with Gasteiger partial charge in [-0.25, -0.2) is 0 Å². The average molecular weight is 431 g/mol. The van der Waals surface area contributed by atoms with Gasteiger partial charge >= 0.3 is 0 Å². The van der Waals surface area contributed by atoms with Crippen molar-refractivity contribution in [2.24, 2.45) is 0 Å². The van der Waals surface area contributed by atoms with Gasteiger partial charge in [-0.1, -0.05) is 30.3 Å². The van der Waals surface area contributed by atoms with Crippen LogP contribution in [0.4, 0.5) is 5.69 Å². The summed E-state index contributed by atoms with van der Waals surface area (Å²) >= 11 is 0. The number of benzene rings is 3. The van der Waals surface area contributed by atoms with Gasteiger partial charge < -0.3 is 14.8 Å². The largest absolute Gasteiger partial charge is 0.497 e. The molecule has 0 aliphatic carbocycles. The molecule has 0 aromatic heterocycles. The number of anilines is 1. The number of fused-ring (bicyclic) bond motifs is 1. The molecule has 1 aliphatic rings. The Morgan fingerprint density at radius 3 is 2.16 bits per heavy atom. The maximum atomic E-state index is 13.5. The number of ether oxygens (including phenoxy) is 2. The molecule has 3 aromatic carbocycles. The van der Waals surface area contributed by atoms with Crippen LogP contribution in [0.5, 0.6) is 11.5 Å². The molecule has 6 nitrogen and oxygen atoms in total. The minimum Gasteiger partial charge on any atom is -0.497 e. The SMILES string of the molecule is COc1ccc(CNC(=O)C2(C)Cc3ccccc3C(=O)N2c2ccc(OC)cc2)cc1. The number of amides is 2. The number of carbonyl (C=O) groups is 2. The van der Waals surface area contributed by atoms with E-state index in [9.17, 15) is 9.59 Å². The van der Waals surface area contributed by atoms with Gasteiger partial charge in [0.2, 0.25) is 5.91 Å². The van der Waals surface area contributed by atoms with Crippen molar-refractivity contribution in [3.63, 3.8) is 0 Å². The lowest BCUT2D eigenvalue weighted by Gasteiger charge is -2.44. The molecule has 0 spiro atoms. The van der Waals surface area contributed by atoms with Gasteiger partial charge in [0, 0.05) is 24.2 Å². The Kier molecular flexibility index (Phi) is 5.86. The lowest BCUT2D eigenvalue weighted by molar-refractivity contribution is -0.126. The maximum Gasteiger partial charge on any atom is 0.259 e. The topological polar surface area (TPSA) is 67.9 Å². The van der Waals surface area contributed by atoms with Crippen molar-refractivity contribution in [3.05, 3.63) is 89.5 Å². The molecule has 0 fully saturated rings. The summed E-state index contributed by atoms with van der Waals surface area (Å²) in [5.41, 5.74) is 1.98. The van der Waals surface area contributed by atoms with Gasteiger partial charge in [0.25, 0.3) is 5.91 Å². The van der Waals surface area contributed by atoms with E-state index in [-0.39, 0.29) is 11.8 Å².